The van der Waals surface area contributed by atoms with Crippen LogP contribution >= 0.6 is 11.6 Å². The van der Waals surface area contributed by atoms with Crippen molar-refractivity contribution in [1.82, 2.24) is 10.9 Å². The van der Waals surface area contributed by atoms with Crippen molar-refractivity contribution in [2.75, 3.05) is 0 Å². The number of nitrogens with one attached hydrogen (secondary N) is 2. The van der Waals surface area contributed by atoms with Crippen molar-refractivity contribution >= 4 is 23.4 Å². The minimum Gasteiger partial charge on any atom is -0.507 e. The van der Waals surface area contributed by atoms with Crippen molar-refractivity contribution < 1.29 is 19.1 Å². The average Bonchev–Trinajstić information content (AvgIpc) is 2.49. The Morgan fingerprint density at radius 2 is 1.82 bits per heavy atom. The molecule has 0 bridgehead atoms. The van der Waals surface area contributed by atoms with Gasteiger partial charge in [-0.15, -0.1) is 0 Å². The van der Waals surface area contributed by atoms with Crippen LogP contribution < -0.4 is 10.9 Å². The molecule has 0 saturated carbocycles. The van der Waals surface area contributed by atoms with E-state index < -0.39 is 17.6 Å². The van der Waals surface area contributed by atoms with Gasteiger partial charge < -0.3 is 5.11 Å². The third-order valence-corrected chi connectivity index (χ3v) is 3.22. The maximum absolute atomic E-state index is 13.5. The Bertz CT molecular complexity index is 701. The summed E-state index contributed by atoms with van der Waals surface area (Å²) in [4.78, 5) is 23.5. The Hall–Kier alpha value is -2.60. The minimum atomic E-state index is -0.689. The number of aromatic hydroxyl groups is 1. The maximum atomic E-state index is 13.5. The fourth-order valence-electron chi connectivity index (χ4n) is 1.77. The van der Waals surface area contributed by atoms with Gasteiger partial charge in [0.1, 0.15) is 11.6 Å². The molecule has 2 rings (SSSR count). The molecule has 0 fully saturated rings. The van der Waals surface area contributed by atoms with Gasteiger partial charge in [-0.25, -0.2) is 4.39 Å². The number of para-hydroxylation sites is 1. The molecule has 0 saturated heterocycles. The van der Waals surface area contributed by atoms with E-state index in [1.807, 2.05) is 0 Å². The molecule has 0 aliphatic carbocycles. The number of carbonyl (C=O) groups is 2. The van der Waals surface area contributed by atoms with Crippen LogP contribution in [0.15, 0.2) is 42.5 Å². The smallest absolute Gasteiger partial charge is 0.273 e. The van der Waals surface area contributed by atoms with E-state index in [4.69, 9.17) is 11.6 Å². The second kappa shape index (κ2) is 6.91. The summed E-state index contributed by atoms with van der Waals surface area (Å²) >= 11 is 5.81. The highest BCUT2D eigenvalue weighted by Gasteiger charge is 2.14. The summed E-state index contributed by atoms with van der Waals surface area (Å²) in [6, 6.07) is 9.95. The Labute approximate surface area is 130 Å². The molecule has 0 aliphatic heterocycles. The molecule has 0 aliphatic rings. The normalized spacial score (nSPS) is 10.1. The molecular weight excluding hydrogens is 311 g/mol. The highest BCUT2D eigenvalue weighted by molar-refractivity contribution is 6.31. The standard InChI is InChI=1S/C15H12ClFN2O3/c16-11-5-3-6-12(17)10(11)8-14(21)18-19-15(22)9-4-1-2-7-13(9)20/h1-7,20H,8H2,(H,18,21)(H,19,22). The van der Waals surface area contributed by atoms with Gasteiger partial charge in [0.2, 0.25) is 5.91 Å². The summed E-state index contributed by atoms with van der Waals surface area (Å²) in [5.41, 5.74) is 4.32. The largest absolute Gasteiger partial charge is 0.507 e. The van der Waals surface area contributed by atoms with Gasteiger partial charge in [0, 0.05) is 10.6 Å². The van der Waals surface area contributed by atoms with Crippen LogP contribution in [0.2, 0.25) is 5.02 Å². The van der Waals surface area contributed by atoms with E-state index in [2.05, 4.69) is 10.9 Å². The lowest BCUT2D eigenvalue weighted by atomic mass is 10.1. The lowest BCUT2D eigenvalue weighted by Gasteiger charge is -2.09. The minimum absolute atomic E-state index is 0.00623. The van der Waals surface area contributed by atoms with Crippen LogP contribution in [-0.4, -0.2) is 16.9 Å². The molecule has 2 aromatic rings. The van der Waals surface area contributed by atoms with Gasteiger partial charge in [0.05, 0.1) is 12.0 Å². The van der Waals surface area contributed by atoms with Crippen LogP contribution in [0.4, 0.5) is 4.39 Å². The van der Waals surface area contributed by atoms with Crippen molar-refractivity contribution in [3.8, 4) is 5.75 Å². The second-order valence-corrected chi connectivity index (χ2v) is 4.80. The molecule has 22 heavy (non-hydrogen) atoms. The number of rotatable bonds is 3. The fourth-order valence-corrected chi connectivity index (χ4v) is 2.00. The number of carbonyl (C=O) groups excluding carboxylic acids is 2. The molecule has 3 N–H and O–H groups in total. The monoisotopic (exact) mass is 322 g/mol. The van der Waals surface area contributed by atoms with Gasteiger partial charge in [-0.2, -0.15) is 0 Å². The van der Waals surface area contributed by atoms with Gasteiger partial charge in [-0.05, 0) is 24.3 Å². The molecule has 2 aromatic carbocycles. The molecule has 0 radical (unpaired) electrons. The van der Waals surface area contributed by atoms with E-state index in [0.717, 1.165) is 0 Å². The number of hydrogen-bond acceptors (Lipinski definition) is 3. The highest BCUT2D eigenvalue weighted by Crippen LogP contribution is 2.19. The molecule has 0 spiro atoms. The second-order valence-electron chi connectivity index (χ2n) is 4.40. The van der Waals surface area contributed by atoms with Gasteiger partial charge in [-0.1, -0.05) is 29.8 Å². The Morgan fingerprint density at radius 3 is 2.50 bits per heavy atom. The first kappa shape index (κ1) is 15.8. The van der Waals surface area contributed by atoms with E-state index in [-0.39, 0.29) is 28.3 Å². The molecule has 0 unspecified atom stereocenters. The third-order valence-electron chi connectivity index (χ3n) is 2.86. The first-order valence-electron chi connectivity index (χ1n) is 6.29. The predicted octanol–water partition coefficient (Wildman–Crippen LogP) is 2.19. The zero-order valence-corrected chi connectivity index (χ0v) is 12.0. The molecule has 7 heteroatoms. The van der Waals surface area contributed by atoms with Gasteiger partial charge in [0.15, 0.2) is 0 Å². The quantitative estimate of drug-likeness (QED) is 0.758. The van der Waals surface area contributed by atoms with Crippen molar-refractivity contribution in [1.29, 1.82) is 0 Å². The topological polar surface area (TPSA) is 78.4 Å². The summed E-state index contributed by atoms with van der Waals surface area (Å²) in [5, 5.41) is 9.64. The van der Waals surface area contributed by atoms with Gasteiger partial charge in [-0.3, -0.25) is 20.4 Å². The number of hydrazine groups is 1. The SMILES string of the molecule is O=C(Cc1c(F)cccc1Cl)NNC(=O)c1ccccc1O. The van der Waals surface area contributed by atoms with Crippen molar-refractivity contribution in [3.63, 3.8) is 0 Å². The highest BCUT2D eigenvalue weighted by atomic mass is 35.5. The van der Waals surface area contributed by atoms with E-state index >= 15 is 0 Å². The Balaban J connectivity index is 1.96. The van der Waals surface area contributed by atoms with Crippen LogP contribution in [0, 0.1) is 5.82 Å². The summed E-state index contributed by atoms with van der Waals surface area (Å²) < 4.78 is 13.5. The van der Waals surface area contributed by atoms with Gasteiger partial charge >= 0.3 is 0 Å². The summed E-state index contributed by atoms with van der Waals surface area (Å²) in [7, 11) is 0. The van der Waals surface area contributed by atoms with Crippen LogP contribution in [0.5, 0.6) is 5.75 Å². The fraction of sp³-hybridized carbons (Fsp3) is 0.0667. The average molecular weight is 323 g/mol. The van der Waals surface area contributed by atoms with E-state index in [9.17, 15) is 19.1 Å². The molecule has 114 valence electrons. The summed E-state index contributed by atoms with van der Waals surface area (Å²) in [5.74, 6) is -2.15. The maximum Gasteiger partial charge on any atom is 0.273 e. The van der Waals surface area contributed by atoms with E-state index in [1.165, 1.54) is 30.3 Å². The Kier molecular flexibility index (Phi) is 4.95. The number of phenols is 1. The molecule has 0 heterocycles. The first-order chi connectivity index (χ1) is 10.5. The lowest BCUT2D eigenvalue weighted by Crippen LogP contribution is -2.42. The molecule has 0 aromatic heterocycles. The molecular formula is C15H12ClFN2O3. The number of halogens is 2. The third kappa shape index (κ3) is 3.73. The van der Waals surface area contributed by atoms with E-state index in [0.29, 0.717) is 0 Å². The van der Waals surface area contributed by atoms with Crippen LogP contribution in [0.1, 0.15) is 15.9 Å². The molecule has 0 atom stereocenters. The predicted molar refractivity (Wildman–Crippen MR) is 78.8 cm³/mol. The molecule has 5 nitrogen and oxygen atoms in total. The van der Waals surface area contributed by atoms with Crippen molar-refractivity contribution in [2.24, 2.45) is 0 Å². The Morgan fingerprint density at radius 1 is 1.09 bits per heavy atom. The summed E-state index contributed by atoms with van der Waals surface area (Å²) in [6.45, 7) is 0. The number of amides is 2. The van der Waals surface area contributed by atoms with Crippen molar-refractivity contribution in [3.05, 3.63) is 64.4 Å². The number of phenolic OH excluding ortho intramolecular Hbond substituents is 1. The zero-order chi connectivity index (χ0) is 16.1. The number of hydrogen-bond donors (Lipinski definition) is 3. The van der Waals surface area contributed by atoms with Gasteiger partial charge in [0.25, 0.3) is 5.91 Å². The van der Waals surface area contributed by atoms with E-state index in [1.54, 1.807) is 12.1 Å². The van der Waals surface area contributed by atoms with Crippen LogP contribution in [-0.2, 0) is 11.2 Å². The van der Waals surface area contributed by atoms with Crippen molar-refractivity contribution in [2.45, 2.75) is 6.42 Å². The zero-order valence-electron chi connectivity index (χ0n) is 11.3. The van der Waals surface area contributed by atoms with Crippen LogP contribution in [0.3, 0.4) is 0 Å². The first-order valence-corrected chi connectivity index (χ1v) is 6.67. The summed E-state index contributed by atoms with van der Waals surface area (Å²) in [6.07, 6.45) is -0.327. The lowest BCUT2D eigenvalue weighted by molar-refractivity contribution is -0.121. The number of benzene rings is 2. The van der Waals surface area contributed by atoms with Crippen LogP contribution in [0.25, 0.3) is 0 Å². The molecule has 2 amide bonds.